The Balaban J connectivity index is 2.10. The Kier molecular flexibility index (Phi) is 3.85. The number of nitrogens with zero attached hydrogens (tertiary/aromatic N) is 1. The SMILES string of the molecule is Cc1nc2ccc(NC(=O)[C@@H](N)CC(C)C)cc2[nH]1. The highest BCUT2D eigenvalue weighted by Crippen LogP contribution is 2.17. The molecule has 2 rings (SSSR count). The van der Waals surface area contributed by atoms with Gasteiger partial charge in [0.25, 0.3) is 0 Å². The molecule has 0 bridgehead atoms. The van der Waals surface area contributed by atoms with Crippen LogP contribution in [-0.4, -0.2) is 21.9 Å². The second-order valence-electron chi connectivity index (χ2n) is 5.28. The van der Waals surface area contributed by atoms with Gasteiger partial charge in [0.1, 0.15) is 5.82 Å². The van der Waals surface area contributed by atoms with Crippen LogP contribution in [0.5, 0.6) is 0 Å². The number of benzene rings is 1. The van der Waals surface area contributed by atoms with Crippen molar-refractivity contribution in [2.45, 2.75) is 33.2 Å². The van der Waals surface area contributed by atoms with Crippen LogP contribution in [-0.2, 0) is 4.79 Å². The van der Waals surface area contributed by atoms with Crippen molar-refractivity contribution in [3.05, 3.63) is 24.0 Å². The van der Waals surface area contributed by atoms with Gasteiger partial charge in [-0.2, -0.15) is 0 Å². The van der Waals surface area contributed by atoms with Crippen LogP contribution in [0.25, 0.3) is 11.0 Å². The molecule has 0 unspecified atom stereocenters. The monoisotopic (exact) mass is 260 g/mol. The van der Waals surface area contributed by atoms with Crippen molar-refractivity contribution in [1.82, 2.24) is 9.97 Å². The van der Waals surface area contributed by atoms with Gasteiger partial charge in [0.2, 0.25) is 5.91 Å². The summed E-state index contributed by atoms with van der Waals surface area (Å²) in [6, 6.07) is 5.11. The summed E-state index contributed by atoms with van der Waals surface area (Å²) in [5, 5.41) is 2.84. The molecule has 4 N–H and O–H groups in total. The quantitative estimate of drug-likeness (QED) is 0.787. The van der Waals surface area contributed by atoms with Gasteiger partial charge < -0.3 is 16.0 Å². The van der Waals surface area contributed by atoms with E-state index in [2.05, 4.69) is 15.3 Å². The first-order chi connectivity index (χ1) is 8.95. The van der Waals surface area contributed by atoms with Crippen LogP contribution in [0.1, 0.15) is 26.1 Å². The third-order valence-electron chi connectivity index (χ3n) is 2.93. The van der Waals surface area contributed by atoms with E-state index in [9.17, 15) is 4.79 Å². The molecule has 5 nitrogen and oxygen atoms in total. The third kappa shape index (κ3) is 3.32. The largest absolute Gasteiger partial charge is 0.342 e. The van der Waals surface area contributed by atoms with Gasteiger partial charge in [-0.15, -0.1) is 0 Å². The maximum Gasteiger partial charge on any atom is 0.241 e. The van der Waals surface area contributed by atoms with Gasteiger partial charge in [-0.05, 0) is 37.5 Å². The fraction of sp³-hybridized carbons (Fsp3) is 0.429. The molecule has 1 heterocycles. The molecular weight excluding hydrogens is 240 g/mol. The third-order valence-corrected chi connectivity index (χ3v) is 2.93. The Morgan fingerprint density at radius 2 is 2.21 bits per heavy atom. The summed E-state index contributed by atoms with van der Waals surface area (Å²) < 4.78 is 0. The van der Waals surface area contributed by atoms with Crippen LogP contribution in [0.15, 0.2) is 18.2 Å². The molecule has 2 aromatic rings. The van der Waals surface area contributed by atoms with Crippen molar-refractivity contribution >= 4 is 22.6 Å². The van der Waals surface area contributed by atoms with Crippen molar-refractivity contribution in [2.24, 2.45) is 11.7 Å². The Morgan fingerprint density at radius 1 is 1.47 bits per heavy atom. The number of nitrogens with one attached hydrogen (secondary N) is 2. The summed E-state index contributed by atoms with van der Waals surface area (Å²) in [5.74, 6) is 1.11. The van der Waals surface area contributed by atoms with E-state index in [1.165, 1.54) is 0 Å². The maximum absolute atomic E-state index is 11.9. The molecule has 19 heavy (non-hydrogen) atoms. The normalized spacial score (nSPS) is 12.9. The average Bonchev–Trinajstić information content (AvgIpc) is 2.67. The number of carbonyl (C=O) groups is 1. The number of rotatable bonds is 4. The minimum absolute atomic E-state index is 0.149. The summed E-state index contributed by atoms with van der Waals surface area (Å²) in [6.45, 7) is 6.00. The number of H-pyrrole nitrogens is 1. The minimum atomic E-state index is -0.473. The van der Waals surface area contributed by atoms with E-state index in [1.807, 2.05) is 39.0 Å². The van der Waals surface area contributed by atoms with Gasteiger partial charge >= 0.3 is 0 Å². The highest BCUT2D eigenvalue weighted by Gasteiger charge is 2.15. The summed E-state index contributed by atoms with van der Waals surface area (Å²) in [6.07, 6.45) is 0.678. The van der Waals surface area contributed by atoms with Crippen LogP contribution in [0.3, 0.4) is 0 Å². The zero-order valence-electron chi connectivity index (χ0n) is 11.5. The summed E-state index contributed by atoms with van der Waals surface area (Å²) in [5.41, 5.74) is 8.39. The van der Waals surface area contributed by atoms with Crippen molar-refractivity contribution < 1.29 is 4.79 Å². The summed E-state index contributed by atoms with van der Waals surface area (Å²) in [4.78, 5) is 19.4. The second kappa shape index (κ2) is 5.40. The molecule has 0 saturated carbocycles. The molecular formula is C14H20N4O. The molecule has 1 aromatic heterocycles. The fourth-order valence-electron chi connectivity index (χ4n) is 2.06. The Labute approximate surface area is 112 Å². The molecule has 102 valence electrons. The summed E-state index contributed by atoms with van der Waals surface area (Å²) >= 11 is 0. The van der Waals surface area contributed by atoms with Gasteiger partial charge in [-0.1, -0.05) is 13.8 Å². The Hall–Kier alpha value is -1.88. The number of aryl methyl sites for hydroxylation is 1. The number of fused-ring (bicyclic) bond motifs is 1. The van der Waals surface area contributed by atoms with E-state index in [-0.39, 0.29) is 5.91 Å². The minimum Gasteiger partial charge on any atom is -0.342 e. The predicted octanol–water partition coefficient (Wildman–Crippen LogP) is 2.18. The predicted molar refractivity (Wildman–Crippen MR) is 76.9 cm³/mol. The van der Waals surface area contributed by atoms with Crippen LogP contribution in [0.2, 0.25) is 0 Å². The van der Waals surface area contributed by atoms with Gasteiger partial charge in [0.05, 0.1) is 17.1 Å². The first-order valence-electron chi connectivity index (χ1n) is 6.48. The number of aromatic amines is 1. The second-order valence-corrected chi connectivity index (χ2v) is 5.28. The fourth-order valence-corrected chi connectivity index (χ4v) is 2.06. The lowest BCUT2D eigenvalue weighted by atomic mass is 10.0. The number of nitrogens with two attached hydrogens (primary N) is 1. The first-order valence-corrected chi connectivity index (χ1v) is 6.48. The number of carbonyl (C=O) groups excluding carboxylic acids is 1. The highest BCUT2D eigenvalue weighted by molar-refractivity contribution is 5.96. The molecule has 1 atom stereocenters. The lowest BCUT2D eigenvalue weighted by molar-refractivity contribution is -0.117. The van der Waals surface area contributed by atoms with Crippen LogP contribution < -0.4 is 11.1 Å². The number of imidazole rings is 1. The lowest BCUT2D eigenvalue weighted by Crippen LogP contribution is -2.36. The molecule has 0 saturated heterocycles. The maximum atomic E-state index is 11.9. The molecule has 1 amide bonds. The molecule has 0 aliphatic rings. The summed E-state index contributed by atoms with van der Waals surface area (Å²) in [7, 11) is 0. The van der Waals surface area contributed by atoms with Gasteiger partial charge in [0, 0.05) is 5.69 Å². The average molecular weight is 260 g/mol. The smallest absolute Gasteiger partial charge is 0.241 e. The van der Waals surface area contributed by atoms with E-state index in [1.54, 1.807) is 0 Å². The molecule has 0 aliphatic carbocycles. The van der Waals surface area contributed by atoms with Crippen molar-refractivity contribution in [2.75, 3.05) is 5.32 Å². The van der Waals surface area contributed by atoms with E-state index in [0.29, 0.717) is 12.3 Å². The number of aromatic nitrogens is 2. The van der Waals surface area contributed by atoms with Crippen LogP contribution in [0.4, 0.5) is 5.69 Å². The van der Waals surface area contributed by atoms with E-state index < -0.39 is 6.04 Å². The zero-order chi connectivity index (χ0) is 14.0. The van der Waals surface area contributed by atoms with Crippen LogP contribution in [0, 0.1) is 12.8 Å². The standard InChI is InChI=1S/C14H20N4O/c1-8(2)6-11(15)14(19)18-10-4-5-12-13(7-10)17-9(3)16-12/h4-5,7-8,11H,6,15H2,1-3H3,(H,16,17)(H,18,19)/t11-/m0/s1. The van der Waals surface area contributed by atoms with E-state index >= 15 is 0 Å². The van der Waals surface area contributed by atoms with Gasteiger partial charge in [-0.3, -0.25) is 4.79 Å². The topological polar surface area (TPSA) is 83.8 Å². The Bertz CT molecular complexity index is 588. The number of anilines is 1. The Morgan fingerprint density at radius 3 is 2.89 bits per heavy atom. The first kappa shape index (κ1) is 13.5. The van der Waals surface area contributed by atoms with Gasteiger partial charge in [0.15, 0.2) is 0 Å². The van der Waals surface area contributed by atoms with Gasteiger partial charge in [-0.25, -0.2) is 4.98 Å². The number of amides is 1. The van der Waals surface area contributed by atoms with E-state index in [0.717, 1.165) is 22.5 Å². The number of hydrogen-bond acceptors (Lipinski definition) is 3. The van der Waals surface area contributed by atoms with E-state index in [4.69, 9.17) is 5.73 Å². The van der Waals surface area contributed by atoms with Crippen molar-refractivity contribution in [3.63, 3.8) is 0 Å². The molecule has 0 fully saturated rings. The lowest BCUT2D eigenvalue weighted by Gasteiger charge is -2.14. The van der Waals surface area contributed by atoms with Crippen molar-refractivity contribution in [1.29, 1.82) is 0 Å². The molecule has 1 aromatic carbocycles. The number of hydrogen-bond donors (Lipinski definition) is 3. The molecule has 5 heteroatoms. The molecule has 0 radical (unpaired) electrons. The molecule has 0 aliphatic heterocycles. The zero-order valence-corrected chi connectivity index (χ0v) is 11.5. The molecule has 0 spiro atoms. The highest BCUT2D eigenvalue weighted by atomic mass is 16.2. The van der Waals surface area contributed by atoms with Crippen molar-refractivity contribution in [3.8, 4) is 0 Å². The van der Waals surface area contributed by atoms with Crippen LogP contribution >= 0.6 is 0 Å².